The van der Waals surface area contributed by atoms with E-state index in [2.05, 4.69) is 10.0 Å². The Labute approximate surface area is 124 Å². The highest BCUT2D eigenvalue weighted by atomic mass is 32.2. The number of sulfone groups is 1. The lowest BCUT2D eigenvalue weighted by Crippen LogP contribution is -2.33. The van der Waals surface area contributed by atoms with Crippen LogP contribution in [0.5, 0.6) is 0 Å². The molecule has 0 unspecified atom stereocenters. The summed E-state index contributed by atoms with van der Waals surface area (Å²) in [6.07, 6.45) is 0.928. The van der Waals surface area contributed by atoms with Gasteiger partial charge in [0.25, 0.3) is 0 Å². The molecule has 0 aliphatic carbocycles. The number of nitrogen functional groups attached to an aromatic ring is 1. The van der Waals surface area contributed by atoms with Crippen LogP contribution < -0.4 is 15.8 Å². The van der Waals surface area contributed by atoms with Gasteiger partial charge in [-0.3, -0.25) is 0 Å². The number of rotatable bonds is 4. The summed E-state index contributed by atoms with van der Waals surface area (Å²) >= 11 is 0. The first kappa shape index (κ1) is 16.1. The van der Waals surface area contributed by atoms with Crippen molar-refractivity contribution < 1.29 is 16.8 Å². The summed E-state index contributed by atoms with van der Waals surface area (Å²) in [5.74, 6) is 0.238. The molecule has 0 bridgehead atoms. The minimum Gasteiger partial charge on any atom is -0.399 e. The molecule has 2 rings (SSSR count). The fourth-order valence-electron chi connectivity index (χ4n) is 2.24. The second-order valence-electron chi connectivity index (χ2n) is 5.03. The van der Waals surface area contributed by atoms with Crippen LogP contribution in [0.3, 0.4) is 0 Å². The highest BCUT2D eigenvalue weighted by Crippen LogP contribution is 2.26. The van der Waals surface area contributed by atoms with Crippen LogP contribution in [0.25, 0.3) is 0 Å². The van der Waals surface area contributed by atoms with Gasteiger partial charge in [-0.1, -0.05) is 0 Å². The van der Waals surface area contributed by atoms with Crippen molar-refractivity contribution in [2.75, 3.05) is 29.6 Å². The van der Waals surface area contributed by atoms with E-state index in [9.17, 15) is 16.8 Å². The smallest absolute Gasteiger partial charge is 0.242 e. The Morgan fingerprint density at radius 2 is 1.86 bits per heavy atom. The van der Waals surface area contributed by atoms with Gasteiger partial charge in [-0.05, 0) is 38.1 Å². The van der Waals surface area contributed by atoms with Crippen molar-refractivity contribution in [3.05, 3.63) is 18.2 Å². The molecule has 21 heavy (non-hydrogen) atoms. The number of benzene rings is 1. The van der Waals surface area contributed by atoms with Gasteiger partial charge in [-0.2, -0.15) is 0 Å². The van der Waals surface area contributed by atoms with Crippen molar-refractivity contribution in [1.82, 2.24) is 4.72 Å². The normalized spacial score (nSPS) is 19.3. The molecule has 1 aromatic rings. The van der Waals surface area contributed by atoms with Gasteiger partial charge in [0.15, 0.2) is 0 Å². The van der Waals surface area contributed by atoms with Crippen LogP contribution in [-0.4, -0.2) is 41.4 Å². The second-order valence-corrected chi connectivity index (χ2v) is 9.19. The van der Waals surface area contributed by atoms with Crippen molar-refractivity contribution in [3.63, 3.8) is 0 Å². The molecule has 0 saturated carbocycles. The third kappa shape index (κ3) is 3.86. The molecule has 4 N–H and O–H groups in total. The average molecular weight is 333 g/mol. The third-order valence-corrected chi connectivity index (χ3v) is 6.65. The molecule has 0 radical (unpaired) electrons. The molecule has 1 aliphatic rings. The van der Waals surface area contributed by atoms with Gasteiger partial charge < -0.3 is 11.1 Å². The van der Waals surface area contributed by atoms with Crippen LogP contribution in [0.1, 0.15) is 12.8 Å². The lowest BCUT2D eigenvalue weighted by molar-refractivity contribution is 0.558. The highest BCUT2D eigenvalue weighted by molar-refractivity contribution is 7.91. The molecule has 0 spiro atoms. The van der Waals surface area contributed by atoms with Crippen LogP contribution in [0.2, 0.25) is 0 Å². The monoisotopic (exact) mass is 333 g/mol. The maximum Gasteiger partial charge on any atom is 0.242 e. The summed E-state index contributed by atoms with van der Waals surface area (Å²) in [5, 5.41) is 3.12. The fourth-order valence-corrected chi connectivity index (χ4v) is 4.66. The molecule has 9 heteroatoms. The summed E-state index contributed by atoms with van der Waals surface area (Å²) < 4.78 is 49.1. The standard InChI is InChI=1S/C12H19N3O4S2/c1-14-21(18,19)12-8-9(13)2-3-11(12)15-10-4-6-20(16,17)7-5-10/h2-3,8,10,14-15H,4-7,13H2,1H3. The Hall–Kier alpha value is -1.32. The zero-order chi connectivity index (χ0) is 15.7. The number of nitrogens with two attached hydrogens (primary N) is 1. The van der Waals surface area contributed by atoms with Crippen molar-refractivity contribution in [2.45, 2.75) is 23.8 Å². The Balaban J connectivity index is 2.25. The predicted octanol–water partition coefficient (Wildman–Crippen LogP) is 0.166. The SMILES string of the molecule is CNS(=O)(=O)c1cc(N)ccc1NC1CCS(=O)(=O)CC1. The number of anilines is 2. The van der Waals surface area contributed by atoms with E-state index in [1.54, 1.807) is 12.1 Å². The van der Waals surface area contributed by atoms with E-state index in [0.717, 1.165) is 0 Å². The van der Waals surface area contributed by atoms with Crippen molar-refractivity contribution in [1.29, 1.82) is 0 Å². The molecule has 7 nitrogen and oxygen atoms in total. The summed E-state index contributed by atoms with van der Waals surface area (Å²) in [6, 6.07) is 4.52. The Bertz CT molecular complexity index is 715. The Morgan fingerprint density at radius 1 is 1.24 bits per heavy atom. The van der Waals surface area contributed by atoms with Crippen LogP contribution >= 0.6 is 0 Å². The first-order chi connectivity index (χ1) is 9.73. The molecular formula is C12H19N3O4S2. The van der Waals surface area contributed by atoms with E-state index in [4.69, 9.17) is 5.73 Å². The summed E-state index contributed by atoms with van der Waals surface area (Å²) in [5.41, 5.74) is 6.43. The molecular weight excluding hydrogens is 314 g/mol. The maximum absolute atomic E-state index is 12.0. The number of sulfonamides is 1. The zero-order valence-electron chi connectivity index (χ0n) is 11.7. The van der Waals surface area contributed by atoms with Gasteiger partial charge in [0.1, 0.15) is 14.7 Å². The predicted molar refractivity (Wildman–Crippen MR) is 82.4 cm³/mol. The van der Waals surface area contributed by atoms with Gasteiger partial charge in [0, 0.05) is 11.7 Å². The molecule has 1 saturated heterocycles. The van der Waals surface area contributed by atoms with Crippen LogP contribution in [-0.2, 0) is 19.9 Å². The minimum atomic E-state index is -3.64. The highest BCUT2D eigenvalue weighted by Gasteiger charge is 2.25. The van der Waals surface area contributed by atoms with Gasteiger partial charge in [0.2, 0.25) is 10.0 Å². The molecule has 0 amide bonds. The molecule has 1 aliphatic heterocycles. The van der Waals surface area contributed by atoms with Crippen LogP contribution in [0.4, 0.5) is 11.4 Å². The van der Waals surface area contributed by atoms with E-state index < -0.39 is 19.9 Å². The first-order valence-electron chi connectivity index (χ1n) is 6.53. The van der Waals surface area contributed by atoms with Gasteiger partial charge in [-0.15, -0.1) is 0 Å². The number of hydrogen-bond donors (Lipinski definition) is 3. The van der Waals surface area contributed by atoms with Gasteiger partial charge in [-0.25, -0.2) is 21.6 Å². The second kappa shape index (κ2) is 5.82. The third-order valence-electron chi connectivity index (χ3n) is 3.48. The van der Waals surface area contributed by atoms with E-state index in [1.807, 2.05) is 0 Å². The maximum atomic E-state index is 12.0. The molecule has 1 fully saturated rings. The number of hydrogen-bond acceptors (Lipinski definition) is 6. The lowest BCUT2D eigenvalue weighted by atomic mass is 10.1. The first-order valence-corrected chi connectivity index (χ1v) is 9.84. The molecule has 1 heterocycles. The Morgan fingerprint density at radius 3 is 2.43 bits per heavy atom. The fraction of sp³-hybridized carbons (Fsp3) is 0.500. The quantitative estimate of drug-likeness (QED) is 0.676. The van der Waals surface area contributed by atoms with Crippen LogP contribution in [0, 0.1) is 0 Å². The van der Waals surface area contributed by atoms with Gasteiger partial charge >= 0.3 is 0 Å². The minimum absolute atomic E-state index is 0.0667. The van der Waals surface area contributed by atoms with Crippen molar-refractivity contribution in [2.24, 2.45) is 0 Å². The van der Waals surface area contributed by atoms with Crippen LogP contribution in [0.15, 0.2) is 23.1 Å². The average Bonchev–Trinajstić information content (AvgIpc) is 2.43. The Kier molecular flexibility index (Phi) is 4.45. The summed E-state index contributed by atoms with van der Waals surface area (Å²) in [4.78, 5) is 0.0680. The van der Waals surface area contributed by atoms with Gasteiger partial charge in [0.05, 0.1) is 17.2 Å². The topological polar surface area (TPSA) is 118 Å². The molecule has 118 valence electrons. The molecule has 0 atom stereocenters. The van der Waals surface area contributed by atoms with E-state index in [-0.39, 0.29) is 22.4 Å². The van der Waals surface area contributed by atoms with Crippen molar-refractivity contribution >= 4 is 31.2 Å². The summed E-state index contributed by atoms with van der Waals surface area (Å²) in [6.45, 7) is 0. The van der Waals surface area contributed by atoms with E-state index in [1.165, 1.54) is 13.1 Å². The lowest BCUT2D eigenvalue weighted by Gasteiger charge is -2.25. The zero-order valence-corrected chi connectivity index (χ0v) is 13.3. The number of nitrogens with one attached hydrogen (secondary N) is 2. The molecule has 1 aromatic carbocycles. The molecule has 0 aromatic heterocycles. The van der Waals surface area contributed by atoms with Crippen molar-refractivity contribution in [3.8, 4) is 0 Å². The summed E-state index contributed by atoms with van der Waals surface area (Å²) in [7, 11) is -5.26. The van der Waals surface area contributed by atoms with E-state index >= 15 is 0 Å². The van der Waals surface area contributed by atoms with E-state index in [0.29, 0.717) is 24.2 Å². The largest absolute Gasteiger partial charge is 0.399 e.